The molecule has 0 aromatic heterocycles. The van der Waals surface area contributed by atoms with E-state index in [1.54, 1.807) is 0 Å². The molecule has 106 valence electrons. The second-order valence-electron chi connectivity index (χ2n) is 4.03. The van der Waals surface area contributed by atoms with Gasteiger partial charge in [-0.2, -0.15) is 0 Å². The first kappa shape index (κ1) is 15.0. The highest BCUT2D eigenvalue weighted by molar-refractivity contribution is 14.1. The molecule has 0 aliphatic carbocycles. The van der Waals surface area contributed by atoms with E-state index in [0.717, 1.165) is 17.2 Å². The van der Waals surface area contributed by atoms with Crippen LogP contribution in [0.25, 0.3) is 0 Å². The van der Waals surface area contributed by atoms with E-state index in [2.05, 4.69) is 22.6 Å². The van der Waals surface area contributed by atoms with Crippen molar-refractivity contribution in [3.63, 3.8) is 0 Å². The number of para-hydroxylation sites is 2. The van der Waals surface area contributed by atoms with Crippen LogP contribution in [0.15, 0.2) is 48.5 Å². The molecule has 2 aromatic carbocycles. The van der Waals surface area contributed by atoms with Gasteiger partial charge >= 0.3 is 0 Å². The highest BCUT2D eigenvalue weighted by Crippen LogP contribution is 2.26. The van der Waals surface area contributed by atoms with Crippen molar-refractivity contribution in [2.75, 3.05) is 19.8 Å². The van der Waals surface area contributed by atoms with Crippen LogP contribution in [-0.2, 0) is 0 Å². The lowest BCUT2D eigenvalue weighted by Crippen LogP contribution is -2.09. The topological polar surface area (TPSA) is 27.7 Å². The van der Waals surface area contributed by atoms with Crippen LogP contribution in [0.2, 0.25) is 0 Å². The summed E-state index contributed by atoms with van der Waals surface area (Å²) < 4.78 is 18.0. The van der Waals surface area contributed by atoms with E-state index in [1.807, 2.05) is 55.5 Å². The molecule has 0 unspecified atom stereocenters. The summed E-state index contributed by atoms with van der Waals surface area (Å²) in [5, 5.41) is 0. The van der Waals surface area contributed by atoms with Crippen LogP contribution >= 0.6 is 22.6 Å². The Morgan fingerprint density at radius 2 is 1.40 bits per heavy atom. The van der Waals surface area contributed by atoms with Crippen molar-refractivity contribution in [3.05, 3.63) is 52.1 Å². The minimum atomic E-state index is 0.482. The van der Waals surface area contributed by atoms with Gasteiger partial charge < -0.3 is 14.2 Å². The smallest absolute Gasteiger partial charge is 0.161 e. The number of hydrogen-bond acceptors (Lipinski definition) is 3. The zero-order chi connectivity index (χ0) is 14.2. The first-order valence-electron chi connectivity index (χ1n) is 6.52. The average molecular weight is 384 g/mol. The molecule has 3 nitrogen and oxygen atoms in total. The molecule has 0 spiro atoms. The van der Waals surface area contributed by atoms with Crippen molar-refractivity contribution in [1.29, 1.82) is 0 Å². The number of ether oxygens (including phenoxy) is 3. The van der Waals surface area contributed by atoms with Crippen LogP contribution in [-0.4, -0.2) is 19.8 Å². The Bertz CT molecular complexity index is 526. The van der Waals surface area contributed by atoms with Crippen LogP contribution in [0.5, 0.6) is 17.2 Å². The van der Waals surface area contributed by atoms with Crippen LogP contribution in [0, 0.1) is 3.57 Å². The van der Waals surface area contributed by atoms with Crippen molar-refractivity contribution in [1.82, 2.24) is 0 Å². The molecule has 0 fully saturated rings. The van der Waals surface area contributed by atoms with Gasteiger partial charge in [0.2, 0.25) is 0 Å². The number of rotatable bonds is 7. The lowest BCUT2D eigenvalue weighted by Gasteiger charge is -2.12. The zero-order valence-electron chi connectivity index (χ0n) is 11.3. The van der Waals surface area contributed by atoms with Gasteiger partial charge in [0.25, 0.3) is 0 Å². The van der Waals surface area contributed by atoms with E-state index in [-0.39, 0.29) is 0 Å². The SMILES string of the molecule is CCOc1ccccc1OCCOc1ccc(I)cc1. The van der Waals surface area contributed by atoms with Crippen LogP contribution in [0.1, 0.15) is 6.92 Å². The second-order valence-corrected chi connectivity index (χ2v) is 5.28. The Kier molecular flexibility index (Phi) is 5.98. The van der Waals surface area contributed by atoms with Crippen LogP contribution < -0.4 is 14.2 Å². The molecule has 0 saturated carbocycles. The summed E-state index contributed by atoms with van der Waals surface area (Å²) in [6.45, 7) is 3.56. The fourth-order valence-corrected chi connectivity index (χ4v) is 2.05. The normalized spacial score (nSPS) is 10.1. The van der Waals surface area contributed by atoms with Crippen molar-refractivity contribution < 1.29 is 14.2 Å². The van der Waals surface area contributed by atoms with Gasteiger partial charge in [-0.05, 0) is 65.9 Å². The van der Waals surface area contributed by atoms with E-state index in [4.69, 9.17) is 14.2 Å². The molecule has 0 atom stereocenters. The molecular formula is C16H17IO3. The molecule has 0 amide bonds. The lowest BCUT2D eigenvalue weighted by molar-refractivity contribution is 0.208. The van der Waals surface area contributed by atoms with Gasteiger partial charge in [-0.15, -0.1) is 0 Å². The van der Waals surface area contributed by atoms with E-state index in [0.29, 0.717) is 19.8 Å². The summed E-state index contributed by atoms with van der Waals surface area (Å²) in [6, 6.07) is 15.6. The maximum Gasteiger partial charge on any atom is 0.161 e. The molecule has 0 saturated heterocycles. The average Bonchev–Trinajstić information content (AvgIpc) is 2.47. The van der Waals surface area contributed by atoms with Gasteiger partial charge in [0, 0.05) is 3.57 Å². The van der Waals surface area contributed by atoms with Crippen LogP contribution in [0.4, 0.5) is 0 Å². The monoisotopic (exact) mass is 384 g/mol. The maximum absolute atomic E-state index is 5.68. The Labute approximate surface area is 133 Å². The third-order valence-corrected chi connectivity index (χ3v) is 3.29. The molecule has 0 heterocycles. The molecule has 0 aliphatic heterocycles. The number of halogens is 1. The maximum atomic E-state index is 5.68. The molecule has 0 aliphatic rings. The largest absolute Gasteiger partial charge is 0.490 e. The fourth-order valence-electron chi connectivity index (χ4n) is 1.69. The third-order valence-electron chi connectivity index (χ3n) is 2.57. The Hall–Kier alpha value is -1.43. The third kappa shape index (κ3) is 4.59. The minimum Gasteiger partial charge on any atom is -0.490 e. The van der Waals surface area contributed by atoms with Gasteiger partial charge in [0.05, 0.1) is 6.61 Å². The van der Waals surface area contributed by atoms with E-state index in [9.17, 15) is 0 Å². The van der Waals surface area contributed by atoms with E-state index in [1.165, 1.54) is 3.57 Å². The standard InChI is InChI=1S/C16H17IO3/c1-2-18-15-5-3-4-6-16(15)20-12-11-19-14-9-7-13(17)8-10-14/h3-10H,2,11-12H2,1H3. The summed E-state index contributed by atoms with van der Waals surface area (Å²) in [7, 11) is 0. The summed E-state index contributed by atoms with van der Waals surface area (Å²) in [5.74, 6) is 2.37. The van der Waals surface area contributed by atoms with Gasteiger partial charge in [0.1, 0.15) is 19.0 Å². The van der Waals surface area contributed by atoms with Crippen molar-refractivity contribution in [2.24, 2.45) is 0 Å². The Morgan fingerprint density at radius 3 is 2.05 bits per heavy atom. The first-order chi connectivity index (χ1) is 9.79. The molecule has 2 rings (SSSR count). The summed E-state index contributed by atoms with van der Waals surface area (Å²) in [6.07, 6.45) is 0. The Balaban J connectivity index is 1.79. The van der Waals surface area contributed by atoms with Gasteiger partial charge in [0.15, 0.2) is 11.5 Å². The second kappa shape index (κ2) is 7.99. The van der Waals surface area contributed by atoms with E-state index < -0.39 is 0 Å². The summed E-state index contributed by atoms with van der Waals surface area (Å²) in [5.41, 5.74) is 0. The summed E-state index contributed by atoms with van der Waals surface area (Å²) in [4.78, 5) is 0. The van der Waals surface area contributed by atoms with Crippen molar-refractivity contribution >= 4 is 22.6 Å². The number of hydrogen-bond donors (Lipinski definition) is 0. The molecular weight excluding hydrogens is 367 g/mol. The lowest BCUT2D eigenvalue weighted by atomic mass is 10.3. The van der Waals surface area contributed by atoms with Crippen molar-refractivity contribution in [2.45, 2.75) is 6.92 Å². The van der Waals surface area contributed by atoms with Crippen molar-refractivity contribution in [3.8, 4) is 17.2 Å². The highest BCUT2D eigenvalue weighted by Gasteiger charge is 2.03. The molecule has 20 heavy (non-hydrogen) atoms. The Morgan fingerprint density at radius 1 is 0.800 bits per heavy atom. The predicted octanol–water partition coefficient (Wildman–Crippen LogP) is 4.15. The minimum absolute atomic E-state index is 0.482. The number of benzene rings is 2. The first-order valence-corrected chi connectivity index (χ1v) is 7.60. The van der Waals surface area contributed by atoms with Crippen LogP contribution in [0.3, 0.4) is 0 Å². The molecule has 4 heteroatoms. The van der Waals surface area contributed by atoms with Gasteiger partial charge in [-0.3, -0.25) is 0 Å². The molecule has 0 bridgehead atoms. The van der Waals surface area contributed by atoms with E-state index >= 15 is 0 Å². The molecule has 0 radical (unpaired) electrons. The quantitative estimate of drug-likeness (QED) is 0.530. The van der Waals surface area contributed by atoms with Gasteiger partial charge in [-0.25, -0.2) is 0 Å². The summed E-state index contributed by atoms with van der Waals surface area (Å²) >= 11 is 2.27. The van der Waals surface area contributed by atoms with Gasteiger partial charge in [-0.1, -0.05) is 12.1 Å². The highest BCUT2D eigenvalue weighted by atomic mass is 127. The zero-order valence-corrected chi connectivity index (χ0v) is 13.5. The molecule has 2 aromatic rings. The molecule has 0 N–H and O–H groups in total. The predicted molar refractivity (Wildman–Crippen MR) is 87.8 cm³/mol. The fraction of sp³-hybridized carbons (Fsp3) is 0.250.